The molecule has 1 aromatic heterocycles. The van der Waals surface area contributed by atoms with E-state index in [1.807, 2.05) is 6.20 Å². The fourth-order valence-electron chi connectivity index (χ4n) is 10.7. The Bertz CT molecular complexity index is 1100. The zero-order chi connectivity index (χ0) is 25.2. The van der Waals surface area contributed by atoms with E-state index in [-0.39, 0.29) is 46.1 Å². The Morgan fingerprint density at radius 1 is 1.09 bits per heavy atom. The van der Waals surface area contributed by atoms with Gasteiger partial charge in [0.2, 0.25) is 0 Å². The molecule has 5 nitrogen and oxygen atoms in total. The van der Waals surface area contributed by atoms with Gasteiger partial charge in [0.1, 0.15) is 5.76 Å². The molecule has 0 spiro atoms. The third-order valence-electron chi connectivity index (χ3n) is 12.4. The molecule has 5 aliphatic carbocycles. The first-order valence-electron chi connectivity index (χ1n) is 13.9. The number of nitrogens with two attached hydrogens (primary N) is 1. The van der Waals surface area contributed by atoms with Gasteiger partial charge in [0, 0.05) is 17.5 Å². The number of aromatic nitrogens is 1. The maximum absolute atomic E-state index is 14.2. The van der Waals surface area contributed by atoms with Crippen molar-refractivity contribution < 1.29 is 14.4 Å². The van der Waals surface area contributed by atoms with Gasteiger partial charge >= 0.3 is 0 Å². The molecule has 5 aliphatic rings. The standard InChI is InChI=1S/C30H44N2O3/c1-26(2)13-19-18(20(31)14-26)7-9-30(6)24(19)21(34)11-23-27(3)12-17-15-32-35-25(17)28(4,16-33)22(27)8-10-29(23,30)5/h11,15,18-20,22,24,33H,7-10,12-14,16,31H2,1-6H3/t18?,19-,20-,22-,24+,27+,28+,29-,30-/m1/s1. The Hall–Kier alpha value is -1.46. The van der Waals surface area contributed by atoms with E-state index in [1.165, 1.54) is 5.57 Å². The molecule has 1 heterocycles. The number of ketones is 1. The molecule has 0 aliphatic heterocycles. The van der Waals surface area contributed by atoms with E-state index in [0.29, 0.717) is 17.6 Å². The number of rotatable bonds is 1. The molecule has 0 amide bonds. The zero-order valence-electron chi connectivity index (χ0n) is 22.5. The Labute approximate surface area is 210 Å². The van der Waals surface area contributed by atoms with Gasteiger partial charge in [-0.2, -0.15) is 0 Å². The molecular weight excluding hydrogens is 436 g/mol. The largest absolute Gasteiger partial charge is 0.395 e. The van der Waals surface area contributed by atoms with Crippen molar-refractivity contribution in [1.29, 1.82) is 0 Å². The van der Waals surface area contributed by atoms with Crippen molar-refractivity contribution in [3.63, 3.8) is 0 Å². The first-order valence-corrected chi connectivity index (χ1v) is 13.9. The summed E-state index contributed by atoms with van der Waals surface area (Å²) in [5.74, 6) is 2.28. The van der Waals surface area contributed by atoms with Crippen molar-refractivity contribution in [3.05, 3.63) is 29.2 Å². The second-order valence-electron chi connectivity index (χ2n) is 14.7. The first-order chi connectivity index (χ1) is 16.3. The van der Waals surface area contributed by atoms with Crippen molar-refractivity contribution in [3.8, 4) is 0 Å². The van der Waals surface area contributed by atoms with Crippen LogP contribution in [0.2, 0.25) is 0 Å². The topological polar surface area (TPSA) is 89.4 Å². The second-order valence-corrected chi connectivity index (χ2v) is 14.7. The number of aliphatic hydroxyl groups excluding tert-OH is 1. The Balaban J connectivity index is 1.49. The molecule has 3 saturated carbocycles. The first kappa shape index (κ1) is 23.9. The van der Waals surface area contributed by atoms with E-state index in [1.54, 1.807) is 0 Å². The highest BCUT2D eigenvalue weighted by Gasteiger charge is 2.68. The predicted octanol–water partition coefficient (Wildman–Crippen LogP) is 5.21. The van der Waals surface area contributed by atoms with Gasteiger partial charge < -0.3 is 15.4 Å². The number of carbonyl (C=O) groups excluding carboxylic acids is 1. The average molecular weight is 481 g/mol. The fraction of sp³-hybridized carbons (Fsp3) is 0.800. The van der Waals surface area contributed by atoms with Crippen molar-refractivity contribution >= 4 is 5.78 Å². The minimum Gasteiger partial charge on any atom is -0.395 e. The van der Waals surface area contributed by atoms with Gasteiger partial charge in [-0.25, -0.2) is 0 Å². The van der Waals surface area contributed by atoms with E-state index in [0.717, 1.165) is 56.3 Å². The highest BCUT2D eigenvalue weighted by molar-refractivity contribution is 5.95. The lowest BCUT2D eigenvalue weighted by Crippen LogP contribution is -2.65. The molecular formula is C30H44N2O3. The van der Waals surface area contributed by atoms with E-state index in [9.17, 15) is 9.90 Å². The van der Waals surface area contributed by atoms with Crippen LogP contribution in [0.15, 0.2) is 22.4 Å². The fourth-order valence-corrected chi connectivity index (χ4v) is 10.7. The molecule has 5 heteroatoms. The van der Waals surface area contributed by atoms with E-state index in [4.69, 9.17) is 10.3 Å². The molecule has 1 unspecified atom stereocenters. The number of hydrogen-bond acceptors (Lipinski definition) is 5. The summed E-state index contributed by atoms with van der Waals surface area (Å²) in [6.07, 6.45) is 11.2. The van der Waals surface area contributed by atoms with Gasteiger partial charge in [-0.1, -0.05) is 45.3 Å². The SMILES string of the molecule is CC1(C)C[C@@H](N)C2CC[C@]3(C)[C@H](C(=O)C=C4[C@@]5(C)Cc6cnoc6[C@@](C)(CO)[C@@H]5CC[C@]43C)[C@@H]2C1. The number of carbonyl (C=O) groups is 1. The van der Waals surface area contributed by atoms with Gasteiger partial charge in [0.25, 0.3) is 0 Å². The normalized spacial score (nSPS) is 50.2. The second kappa shape index (κ2) is 7.10. The van der Waals surface area contributed by atoms with E-state index >= 15 is 0 Å². The van der Waals surface area contributed by atoms with E-state index in [2.05, 4.69) is 52.8 Å². The summed E-state index contributed by atoms with van der Waals surface area (Å²) in [4.78, 5) is 14.2. The third kappa shape index (κ3) is 2.83. The summed E-state index contributed by atoms with van der Waals surface area (Å²) in [7, 11) is 0. The summed E-state index contributed by atoms with van der Waals surface area (Å²) >= 11 is 0. The summed E-state index contributed by atoms with van der Waals surface area (Å²) in [6, 6.07) is 0.197. The quantitative estimate of drug-likeness (QED) is 0.576. The van der Waals surface area contributed by atoms with Crippen molar-refractivity contribution in [2.45, 2.75) is 97.9 Å². The van der Waals surface area contributed by atoms with Crippen LogP contribution in [0.4, 0.5) is 0 Å². The van der Waals surface area contributed by atoms with Gasteiger partial charge in [-0.3, -0.25) is 4.79 Å². The van der Waals surface area contributed by atoms with Crippen LogP contribution in [0, 0.1) is 45.3 Å². The third-order valence-corrected chi connectivity index (χ3v) is 12.4. The molecule has 0 radical (unpaired) electrons. The molecule has 9 atom stereocenters. The highest BCUT2D eigenvalue weighted by Crippen LogP contribution is 2.73. The molecule has 0 aromatic carbocycles. The maximum Gasteiger partial charge on any atom is 0.159 e. The number of fused-ring (bicyclic) bond motifs is 8. The molecule has 192 valence electrons. The smallest absolute Gasteiger partial charge is 0.159 e. The van der Waals surface area contributed by atoms with Crippen molar-refractivity contribution in [2.24, 2.45) is 51.1 Å². The summed E-state index contributed by atoms with van der Waals surface area (Å²) in [5, 5.41) is 14.8. The van der Waals surface area contributed by atoms with Crippen LogP contribution in [-0.2, 0) is 16.6 Å². The van der Waals surface area contributed by atoms with Gasteiger partial charge in [-0.15, -0.1) is 0 Å². The van der Waals surface area contributed by atoms with Crippen LogP contribution in [0.25, 0.3) is 0 Å². The lowest BCUT2D eigenvalue weighted by atomic mass is 9.35. The lowest BCUT2D eigenvalue weighted by Gasteiger charge is -2.68. The zero-order valence-corrected chi connectivity index (χ0v) is 22.5. The van der Waals surface area contributed by atoms with Crippen LogP contribution in [-0.4, -0.2) is 28.7 Å². The number of nitrogens with zero attached hydrogens (tertiary/aromatic N) is 1. The monoisotopic (exact) mass is 480 g/mol. The van der Waals surface area contributed by atoms with Crippen molar-refractivity contribution in [2.75, 3.05) is 6.61 Å². The summed E-state index contributed by atoms with van der Waals surface area (Å²) in [5.41, 5.74) is 8.57. The number of hydrogen-bond donors (Lipinski definition) is 2. The van der Waals surface area contributed by atoms with Crippen LogP contribution in [0.1, 0.15) is 91.4 Å². The van der Waals surface area contributed by atoms with Crippen LogP contribution in [0.3, 0.4) is 0 Å². The minimum atomic E-state index is -0.486. The maximum atomic E-state index is 14.2. The molecule has 35 heavy (non-hydrogen) atoms. The molecule has 6 rings (SSSR count). The molecule has 0 saturated heterocycles. The predicted molar refractivity (Wildman–Crippen MR) is 135 cm³/mol. The molecule has 3 N–H and O–H groups in total. The summed E-state index contributed by atoms with van der Waals surface area (Å²) < 4.78 is 5.72. The van der Waals surface area contributed by atoms with E-state index < -0.39 is 5.41 Å². The highest BCUT2D eigenvalue weighted by atomic mass is 16.5. The van der Waals surface area contributed by atoms with Gasteiger partial charge in [0.15, 0.2) is 5.78 Å². The van der Waals surface area contributed by atoms with Crippen LogP contribution < -0.4 is 5.73 Å². The Kier molecular flexibility index (Phi) is 4.85. The van der Waals surface area contributed by atoms with Crippen LogP contribution in [0.5, 0.6) is 0 Å². The molecule has 1 aromatic rings. The lowest BCUT2D eigenvalue weighted by molar-refractivity contribution is -0.157. The molecule has 0 bridgehead atoms. The van der Waals surface area contributed by atoms with Gasteiger partial charge in [0.05, 0.1) is 18.2 Å². The number of allylic oxidation sites excluding steroid dienone is 2. The van der Waals surface area contributed by atoms with Crippen molar-refractivity contribution in [1.82, 2.24) is 5.16 Å². The van der Waals surface area contributed by atoms with Crippen LogP contribution >= 0.6 is 0 Å². The Morgan fingerprint density at radius 3 is 2.54 bits per heavy atom. The minimum absolute atomic E-state index is 0.0318. The average Bonchev–Trinajstić information content (AvgIpc) is 3.23. The Morgan fingerprint density at radius 2 is 1.83 bits per heavy atom. The molecule has 3 fully saturated rings. The summed E-state index contributed by atoms with van der Waals surface area (Å²) in [6.45, 7) is 14.1. The van der Waals surface area contributed by atoms with Gasteiger partial charge in [-0.05, 0) is 97.4 Å². The number of aliphatic hydroxyl groups is 1.